The van der Waals surface area contributed by atoms with E-state index in [0.717, 1.165) is 0 Å². The minimum atomic E-state index is -0.316. The van der Waals surface area contributed by atoms with Gasteiger partial charge in [-0.05, 0) is 25.1 Å². The number of Topliss-reactive ketones (excluding diaryl/α,β-unsaturated/α-hetero) is 2. The number of hydrogen-bond acceptors (Lipinski definition) is 3. The summed E-state index contributed by atoms with van der Waals surface area (Å²) in [5, 5.41) is 0.728. The van der Waals surface area contributed by atoms with Crippen molar-refractivity contribution in [3.8, 4) is 0 Å². The Morgan fingerprint density at radius 2 is 2.00 bits per heavy atom. The molecule has 0 aromatic heterocycles. The van der Waals surface area contributed by atoms with E-state index in [4.69, 9.17) is 27.9 Å². The smallest absolute Gasteiger partial charge is 0.171 e. The molecule has 1 rings (SSSR count). The van der Waals surface area contributed by atoms with Crippen LogP contribution in [0.5, 0.6) is 0 Å². The maximum Gasteiger partial charge on any atom is 0.171 e. The molecule has 0 bridgehead atoms. The fourth-order valence-corrected chi connectivity index (χ4v) is 1.80. The minimum absolute atomic E-state index is 0.163. The first kappa shape index (κ1) is 15.2. The number of ketones is 2. The van der Waals surface area contributed by atoms with E-state index in [1.54, 1.807) is 12.1 Å². The van der Waals surface area contributed by atoms with Crippen LogP contribution in [-0.4, -0.2) is 24.8 Å². The van der Waals surface area contributed by atoms with Crippen molar-refractivity contribution in [2.45, 2.75) is 19.8 Å². The number of ether oxygens (including phenoxy) is 1. The number of halogens is 2. The van der Waals surface area contributed by atoms with Gasteiger partial charge in [0.2, 0.25) is 0 Å². The van der Waals surface area contributed by atoms with Gasteiger partial charge >= 0.3 is 0 Å². The predicted molar refractivity (Wildman–Crippen MR) is 71.5 cm³/mol. The summed E-state index contributed by atoms with van der Waals surface area (Å²) in [4.78, 5) is 23.4. The second kappa shape index (κ2) is 7.52. The van der Waals surface area contributed by atoms with Gasteiger partial charge in [0.05, 0.1) is 18.1 Å². The molecule has 1 aromatic carbocycles. The molecule has 1 aromatic rings. The molecule has 0 saturated carbocycles. The fourth-order valence-electron chi connectivity index (χ4n) is 1.40. The Kier molecular flexibility index (Phi) is 6.33. The summed E-state index contributed by atoms with van der Waals surface area (Å²) < 4.78 is 5.05. The van der Waals surface area contributed by atoms with E-state index in [9.17, 15) is 9.59 Å². The van der Waals surface area contributed by atoms with E-state index in [1.807, 2.05) is 6.92 Å². The van der Waals surface area contributed by atoms with Gasteiger partial charge < -0.3 is 4.74 Å². The van der Waals surface area contributed by atoms with Crippen molar-refractivity contribution in [1.29, 1.82) is 0 Å². The first-order valence-electron chi connectivity index (χ1n) is 5.62. The quantitative estimate of drug-likeness (QED) is 0.438. The van der Waals surface area contributed by atoms with Crippen LogP contribution in [0.25, 0.3) is 0 Å². The summed E-state index contributed by atoms with van der Waals surface area (Å²) in [5.74, 6) is -0.478. The SMILES string of the molecule is CCOCCC(=O)CC(=O)c1cc(Cl)ccc1Cl. The van der Waals surface area contributed by atoms with Crippen molar-refractivity contribution in [3.05, 3.63) is 33.8 Å². The van der Waals surface area contributed by atoms with Crippen LogP contribution < -0.4 is 0 Å². The van der Waals surface area contributed by atoms with E-state index < -0.39 is 0 Å². The normalized spacial score (nSPS) is 10.4. The molecule has 0 aliphatic rings. The third-order valence-electron chi connectivity index (χ3n) is 2.32. The Morgan fingerprint density at radius 1 is 1.28 bits per heavy atom. The molecule has 0 spiro atoms. The third kappa shape index (κ3) is 4.77. The zero-order chi connectivity index (χ0) is 13.5. The van der Waals surface area contributed by atoms with E-state index >= 15 is 0 Å². The Morgan fingerprint density at radius 3 is 2.67 bits per heavy atom. The highest BCUT2D eigenvalue weighted by Gasteiger charge is 2.15. The van der Waals surface area contributed by atoms with Crippen molar-refractivity contribution >= 4 is 34.8 Å². The Bertz CT molecular complexity index is 444. The van der Waals surface area contributed by atoms with Gasteiger partial charge in [-0.15, -0.1) is 0 Å². The molecule has 0 saturated heterocycles. The molecule has 0 N–H and O–H groups in total. The Balaban J connectivity index is 2.59. The van der Waals surface area contributed by atoms with Gasteiger partial charge in [-0.2, -0.15) is 0 Å². The maximum absolute atomic E-state index is 11.9. The van der Waals surface area contributed by atoms with Gasteiger partial charge in [-0.25, -0.2) is 0 Å². The summed E-state index contributed by atoms with van der Waals surface area (Å²) in [7, 11) is 0. The molecule has 3 nitrogen and oxygen atoms in total. The number of benzene rings is 1. The molecule has 5 heteroatoms. The molecule has 98 valence electrons. The summed E-state index contributed by atoms with van der Waals surface area (Å²) in [5.41, 5.74) is 0.286. The van der Waals surface area contributed by atoms with Crippen LogP contribution in [0.15, 0.2) is 18.2 Å². The predicted octanol–water partition coefficient (Wildman–Crippen LogP) is 3.56. The van der Waals surface area contributed by atoms with Crippen LogP contribution in [0.3, 0.4) is 0 Å². The van der Waals surface area contributed by atoms with E-state index in [1.165, 1.54) is 6.07 Å². The second-order valence-electron chi connectivity index (χ2n) is 3.71. The molecular formula is C13H14Cl2O3. The van der Waals surface area contributed by atoms with Crippen molar-refractivity contribution in [1.82, 2.24) is 0 Å². The first-order chi connectivity index (χ1) is 8.54. The molecule has 0 atom stereocenters. The summed E-state index contributed by atoms with van der Waals surface area (Å²) in [6.07, 6.45) is 0.0604. The largest absolute Gasteiger partial charge is 0.381 e. The highest BCUT2D eigenvalue weighted by molar-refractivity contribution is 6.36. The van der Waals surface area contributed by atoms with E-state index in [-0.39, 0.29) is 30.0 Å². The minimum Gasteiger partial charge on any atom is -0.381 e. The molecular weight excluding hydrogens is 275 g/mol. The first-order valence-corrected chi connectivity index (χ1v) is 6.38. The number of rotatable bonds is 7. The van der Waals surface area contributed by atoms with Gasteiger partial charge in [0, 0.05) is 23.6 Å². The van der Waals surface area contributed by atoms with Crippen molar-refractivity contribution < 1.29 is 14.3 Å². The van der Waals surface area contributed by atoms with Crippen molar-refractivity contribution in [2.24, 2.45) is 0 Å². The molecule has 18 heavy (non-hydrogen) atoms. The van der Waals surface area contributed by atoms with Gasteiger partial charge in [0.1, 0.15) is 5.78 Å². The molecule has 0 amide bonds. The lowest BCUT2D eigenvalue weighted by Crippen LogP contribution is -2.11. The van der Waals surface area contributed by atoms with Gasteiger partial charge in [-0.3, -0.25) is 9.59 Å². The fraction of sp³-hybridized carbons (Fsp3) is 0.385. The van der Waals surface area contributed by atoms with Crippen LogP contribution in [0.1, 0.15) is 30.1 Å². The molecule has 0 aliphatic carbocycles. The summed E-state index contributed by atoms with van der Waals surface area (Å²) in [6.45, 7) is 2.74. The van der Waals surface area contributed by atoms with Crippen LogP contribution in [0.4, 0.5) is 0 Å². The van der Waals surface area contributed by atoms with Crippen molar-refractivity contribution in [2.75, 3.05) is 13.2 Å². The highest BCUT2D eigenvalue weighted by Crippen LogP contribution is 2.22. The summed E-state index contributed by atoms with van der Waals surface area (Å²) in [6, 6.07) is 4.61. The van der Waals surface area contributed by atoms with Gasteiger partial charge in [-0.1, -0.05) is 23.2 Å². The van der Waals surface area contributed by atoms with E-state index in [2.05, 4.69) is 0 Å². The molecule has 0 unspecified atom stereocenters. The molecule has 0 radical (unpaired) electrons. The zero-order valence-electron chi connectivity index (χ0n) is 10.0. The zero-order valence-corrected chi connectivity index (χ0v) is 11.6. The number of hydrogen-bond donors (Lipinski definition) is 0. The van der Waals surface area contributed by atoms with Crippen molar-refractivity contribution in [3.63, 3.8) is 0 Å². The summed E-state index contributed by atoms with van der Waals surface area (Å²) >= 11 is 11.7. The van der Waals surface area contributed by atoms with Crippen LogP contribution >= 0.6 is 23.2 Å². The Labute approximate surface area is 116 Å². The monoisotopic (exact) mass is 288 g/mol. The highest BCUT2D eigenvalue weighted by atomic mass is 35.5. The molecule has 0 heterocycles. The van der Waals surface area contributed by atoms with Crippen LogP contribution in [0, 0.1) is 0 Å². The Hall–Kier alpha value is -0.900. The average molecular weight is 289 g/mol. The lowest BCUT2D eigenvalue weighted by Gasteiger charge is -2.04. The van der Waals surface area contributed by atoms with E-state index in [0.29, 0.717) is 23.3 Å². The molecule has 0 aliphatic heterocycles. The third-order valence-corrected chi connectivity index (χ3v) is 2.88. The maximum atomic E-state index is 11.9. The number of carbonyl (C=O) groups excluding carboxylic acids is 2. The lowest BCUT2D eigenvalue weighted by molar-refractivity contribution is -0.119. The topological polar surface area (TPSA) is 43.4 Å². The second-order valence-corrected chi connectivity index (χ2v) is 4.55. The lowest BCUT2D eigenvalue weighted by atomic mass is 10.0. The number of carbonyl (C=O) groups is 2. The standard InChI is InChI=1S/C13H14Cl2O3/c1-2-18-6-5-10(16)8-13(17)11-7-9(14)3-4-12(11)15/h3-4,7H,2,5-6,8H2,1H3. The van der Waals surface area contributed by atoms with Crippen LogP contribution in [0.2, 0.25) is 10.0 Å². The average Bonchev–Trinajstić information content (AvgIpc) is 2.32. The van der Waals surface area contributed by atoms with Gasteiger partial charge in [0.15, 0.2) is 5.78 Å². The van der Waals surface area contributed by atoms with Crippen LogP contribution in [-0.2, 0) is 9.53 Å². The molecule has 0 fully saturated rings. The van der Waals surface area contributed by atoms with Gasteiger partial charge in [0.25, 0.3) is 0 Å².